The standard InChI is InChI=1S/C16H28N4OS/c1-13(12-20-5-7-21-8-6-20)10-18-16(17-3)19-11-15-14(2)4-9-22-15/h4,9,13H,5-8,10-12H2,1-3H3,(H2,17,18,19). The molecule has 1 aliphatic rings. The van der Waals surface area contributed by atoms with Crippen LogP contribution in [0.1, 0.15) is 17.4 Å². The van der Waals surface area contributed by atoms with E-state index in [0.29, 0.717) is 5.92 Å². The van der Waals surface area contributed by atoms with Crippen molar-refractivity contribution in [3.05, 3.63) is 21.9 Å². The molecule has 1 atom stereocenters. The van der Waals surface area contributed by atoms with Crippen LogP contribution in [-0.2, 0) is 11.3 Å². The van der Waals surface area contributed by atoms with Crippen molar-refractivity contribution in [3.63, 3.8) is 0 Å². The first-order chi connectivity index (χ1) is 10.7. The molecule has 0 bridgehead atoms. The van der Waals surface area contributed by atoms with Crippen molar-refractivity contribution >= 4 is 17.3 Å². The molecule has 1 saturated heterocycles. The summed E-state index contributed by atoms with van der Waals surface area (Å²) in [5.74, 6) is 1.46. The lowest BCUT2D eigenvalue weighted by Gasteiger charge is -2.29. The lowest BCUT2D eigenvalue weighted by atomic mass is 10.1. The van der Waals surface area contributed by atoms with Crippen LogP contribution in [0.2, 0.25) is 0 Å². The third-order valence-corrected chi connectivity index (χ3v) is 4.92. The maximum absolute atomic E-state index is 5.39. The van der Waals surface area contributed by atoms with Crippen LogP contribution in [0.15, 0.2) is 16.4 Å². The molecule has 1 fully saturated rings. The second-order valence-corrected chi connectivity index (χ2v) is 6.85. The molecule has 1 aromatic rings. The van der Waals surface area contributed by atoms with Gasteiger partial charge in [-0.2, -0.15) is 0 Å². The summed E-state index contributed by atoms with van der Waals surface area (Å²) < 4.78 is 5.39. The van der Waals surface area contributed by atoms with E-state index in [1.807, 2.05) is 7.05 Å². The number of morpholine rings is 1. The molecule has 1 unspecified atom stereocenters. The van der Waals surface area contributed by atoms with Crippen LogP contribution in [-0.4, -0.2) is 57.3 Å². The highest BCUT2D eigenvalue weighted by Gasteiger charge is 2.14. The third-order valence-electron chi connectivity index (χ3n) is 3.90. The van der Waals surface area contributed by atoms with E-state index in [9.17, 15) is 0 Å². The van der Waals surface area contributed by atoms with Crippen molar-refractivity contribution in [3.8, 4) is 0 Å². The van der Waals surface area contributed by atoms with Crippen molar-refractivity contribution in [2.45, 2.75) is 20.4 Å². The van der Waals surface area contributed by atoms with Crippen molar-refractivity contribution in [1.82, 2.24) is 15.5 Å². The Bertz CT molecular complexity index is 468. The summed E-state index contributed by atoms with van der Waals surface area (Å²) in [6.45, 7) is 11.1. The number of aliphatic imine (C=N–C) groups is 1. The van der Waals surface area contributed by atoms with Crippen LogP contribution < -0.4 is 10.6 Å². The molecular weight excluding hydrogens is 296 g/mol. The summed E-state index contributed by atoms with van der Waals surface area (Å²) in [5, 5.41) is 8.95. The summed E-state index contributed by atoms with van der Waals surface area (Å²) in [4.78, 5) is 8.14. The van der Waals surface area contributed by atoms with Crippen LogP contribution in [0.5, 0.6) is 0 Å². The average molecular weight is 324 g/mol. The Morgan fingerprint density at radius 1 is 1.41 bits per heavy atom. The first-order valence-corrected chi connectivity index (χ1v) is 8.84. The largest absolute Gasteiger partial charge is 0.379 e. The van der Waals surface area contributed by atoms with E-state index >= 15 is 0 Å². The van der Waals surface area contributed by atoms with Crippen LogP contribution in [0.4, 0.5) is 0 Å². The van der Waals surface area contributed by atoms with Crippen molar-refractivity contribution in [2.75, 3.05) is 46.4 Å². The second kappa shape index (κ2) is 9.12. The highest BCUT2D eigenvalue weighted by atomic mass is 32.1. The van der Waals surface area contributed by atoms with Crippen molar-refractivity contribution in [2.24, 2.45) is 10.9 Å². The highest BCUT2D eigenvalue weighted by Crippen LogP contribution is 2.14. The quantitative estimate of drug-likeness (QED) is 0.618. The molecule has 22 heavy (non-hydrogen) atoms. The number of aryl methyl sites for hydroxylation is 1. The molecule has 0 aliphatic carbocycles. The zero-order chi connectivity index (χ0) is 15.8. The van der Waals surface area contributed by atoms with Gasteiger partial charge in [0.1, 0.15) is 0 Å². The Kier molecular flexibility index (Phi) is 7.15. The van der Waals surface area contributed by atoms with Crippen LogP contribution in [0, 0.1) is 12.8 Å². The minimum atomic E-state index is 0.583. The van der Waals surface area contributed by atoms with Gasteiger partial charge in [0.15, 0.2) is 5.96 Å². The lowest BCUT2D eigenvalue weighted by molar-refractivity contribution is 0.0320. The molecule has 2 N–H and O–H groups in total. The first-order valence-electron chi connectivity index (χ1n) is 7.96. The zero-order valence-electron chi connectivity index (χ0n) is 13.9. The number of ether oxygens (including phenoxy) is 1. The lowest BCUT2D eigenvalue weighted by Crippen LogP contribution is -2.43. The number of nitrogens with zero attached hydrogens (tertiary/aromatic N) is 2. The monoisotopic (exact) mass is 324 g/mol. The smallest absolute Gasteiger partial charge is 0.191 e. The number of thiophene rings is 1. The molecule has 1 aliphatic heterocycles. The summed E-state index contributed by atoms with van der Waals surface area (Å²) in [7, 11) is 1.82. The average Bonchev–Trinajstić information content (AvgIpc) is 2.94. The van der Waals surface area contributed by atoms with Crippen LogP contribution in [0.3, 0.4) is 0 Å². The van der Waals surface area contributed by atoms with Crippen LogP contribution >= 0.6 is 11.3 Å². The van der Waals surface area contributed by atoms with E-state index in [-0.39, 0.29) is 0 Å². The Balaban J connectivity index is 1.68. The fourth-order valence-corrected chi connectivity index (χ4v) is 3.38. The van der Waals surface area contributed by atoms with Gasteiger partial charge in [0.25, 0.3) is 0 Å². The fourth-order valence-electron chi connectivity index (χ4n) is 2.53. The molecule has 1 aromatic heterocycles. The molecule has 0 aromatic carbocycles. The maximum Gasteiger partial charge on any atom is 0.191 e. The number of nitrogens with one attached hydrogen (secondary N) is 2. The molecule has 5 nitrogen and oxygen atoms in total. The molecule has 124 valence electrons. The van der Waals surface area contributed by atoms with Gasteiger partial charge >= 0.3 is 0 Å². The Morgan fingerprint density at radius 3 is 2.82 bits per heavy atom. The van der Waals surface area contributed by atoms with E-state index in [4.69, 9.17) is 4.74 Å². The maximum atomic E-state index is 5.39. The van der Waals surface area contributed by atoms with Gasteiger partial charge in [-0.1, -0.05) is 6.92 Å². The minimum Gasteiger partial charge on any atom is -0.379 e. The fraction of sp³-hybridized carbons (Fsp3) is 0.688. The number of guanidine groups is 1. The number of rotatable bonds is 6. The first kappa shape index (κ1) is 17.2. The van der Waals surface area contributed by atoms with Gasteiger partial charge < -0.3 is 15.4 Å². The minimum absolute atomic E-state index is 0.583. The Morgan fingerprint density at radius 2 is 2.18 bits per heavy atom. The van der Waals surface area contributed by atoms with E-state index in [1.54, 1.807) is 11.3 Å². The molecular formula is C16H28N4OS. The van der Waals surface area contributed by atoms with Gasteiger partial charge in [0, 0.05) is 38.1 Å². The Hall–Kier alpha value is -1.11. The van der Waals surface area contributed by atoms with Crippen molar-refractivity contribution in [1.29, 1.82) is 0 Å². The number of hydrogen-bond donors (Lipinski definition) is 2. The molecule has 0 spiro atoms. The highest BCUT2D eigenvalue weighted by molar-refractivity contribution is 7.10. The van der Waals surface area contributed by atoms with Gasteiger partial charge in [-0.3, -0.25) is 9.89 Å². The second-order valence-electron chi connectivity index (χ2n) is 5.85. The van der Waals surface area contributed by atoms with Gasteiger partial charge in [-0.25, -0.2) is 0 Å². The molecule has 2 heterocycles. The molecule has 2 rings (SSSR count). The summed E-state index contributed by atoms with van der Waals surface area (Å²) in [6, 6.07) is 2.16. The summed E-state index contributed by atoms with van der Waals surface area (Å²) >= 11 is 1.79. The molecule has 0 radical (unpaired) electrons. The predicted molar refractivity (Wildman–Crippen MR) is 93.7 cm³/mol. The zero-order valence-corrected chi connectivity index (χ0v) is 14.7. The predicted octanol–water partition coefficient (Wildman–Crippen LogP) is 1.69. The normalized spacial score (nSPS) is 18.2. The van der Waals surface area contributed by atoms with Gasteiger partial charge in [-0.15, -0.1) is 11.3 Å². The third kappa shape index (κ3) is 5.59. The van der Waals surface area contributed by atoms with Gasteiger partial charge in [0.05, 0.1) is 19.8 Å². The van der Waals surface area contributed by atoms with E-state index in [0.717, 1.165) is 51.9 Å². The molecule has 0 saturated carbocycles. The molecule has 6 heteroatoms. The number of hydrogen-bond acceptors (Lipinski definition) is 4. The van der Waals surface area contributed by atoms with E-state index in [2.05, 4.69) is 45.8 Å². The Labute approximate surface area is 137 Å². The SMILES string of the molecule is CN=C(NCc1sccc1C)NCC(C)CN1CCOCC1. The topological polar surface area (TPSA) is 48.9 Å². The van der Waals surface area contributed by atoms with E-state index in [1.165, 1.54) is 10.4 Å². The van der Waals surface area contributed by atoms with Gasteiger partial charge in [0.2, 0.25) is 0 Å². The summed E-state index contributed by atoms with van der Waals surface area (Å²) in [5.41, 5.74) is 1.34. The van der Waals surface area contributed by atoms with Crippen LogP contribution in [0.25, 0.3) is 0 Å². The summed E-state index contributed by atoms with van der Waals surface area (Å²) in [6.07, 6.45) is 0. The van der Waals surface area contributed by atoms with Gasteiger partial charge in [-0.05, 0) is 29.9 Å². The van der Waals surface area contributed by atoms with Crippen molar-refractivity contribution < 1.29 is 4.74 Å². The van der Waals surface area contributed by atoms with E-state index < -0.39 is 0 Å². The molecule has 0 amide bonds.